The van der Waals surface area contributed by atoms with Gasteiger partial charge in [0.2, 0.25) is 5.91 Å². The molecule has 0 aromatic heterocycles. The SMILES string of the molecule is CN1C(=O)c2ccccc2N2C(=O)CC[C@@]12C(=O)[O-]. The predicted octanol–water partition coefficient (Wildman–Crippen LogP) is -0.655. The molecular formula is C13H11N2O4-. The van der Waals surface area contributed by atoms with Gasteiger partial charge < -0.3 is 14.8 Å². The number of hydrogen-bond acceptors (Lipinski definition) is 4. The van der Waals surface area contributed by atoms with E-state index in [-0.39, 0.29) is 18.7 Å². The zero-order chi connectivity index (χ0) is 13.8. The van der Waals surface area contributed by atoms with Crippen LogP contribution < -0.4 is 10.0 Å². The third kappa shape index (κ3) is 1.23. The number of carboxylic acid groups (broad SMARTS) is 1. The number of carbonyl (C=O) groups excluding carboxylic acids is 3. The Morgan fingerprint density at radius 3 is 2.68 bits per heavy atom. The Hall–Kier alpha value is -2.37. The largest absolute Gasteiger partial charge is 0.545 e. The van der Waals surface area contributed by atoms with Gasteiger partial charge in [0.25, 0.3) is 5.91 Å². The second-order valence-electron chi connectivity index (χ2n) is 4.71. The van der Waals surface area contributed by atoms with Gasteiger partial charge in [-0.05, 0) is 12.1 Å². The van der Waals surface area contributed by atoms with E-state index in [1.165, 1.54) is 11.9 Å². The Bertz CT molecular complexity index is 612. The number of anilines is 1. The quantitative estimate of drug-likeness (QED) is 0.671. The van der Waals surface area contributed by atoms with E-state index in [1.54, 1.807) is 24.3 Å². The van der Waals surface area contributed by atoms with Crippen LogP contribution >= 0.6 is 0 Å². The zero-order valence-electron chi connectivity index (χ0n) is 10.3. The second kappa shape index (κ2) is 3.57. The van der Waals surface area contributed by atoms with Crippen molar-refractivity contribution in [3.05, 3.63) is 29.8 Å². The molecule has 0 N–H and O–H groups in total. The molecule has 1 aromatic rings. The van der Waals surface area contributed by atoms with Gasteiger partial charge in [-0.3, -0.25) is 14.5 Å². The molecule has 2 amide bonds. The molecule has 1 aromatic carbocycles. The highest BCUT2D eigenvalue weighted by Gasteiger charge is 2.55. The fourth-order valence-electron chi connectivity index (χ4n) is 2.89. The van der Waals surface area contributed by atoms with Crippen molar-refractivity contribution < 1.29 is 19.5 Å². The second-order valence-corrected chi connectivity index (χ2v) is 4.71. The summed E-state index contributed by atoms with van der Waals surface area (Å²) in [5, 5.41) is 11.6. The normalized spacial score (nSPS) is 25.3. The topological polar surface area (TPSA) is 80.8 Å². The summed E-state index contributed by atoms with van der Waals surface area (Å²) < 4.78 is 0. The summed E-state index contributed by atoms with van der Waals surface area (Å²) >= 11 is 0. The van der Waals surface area contributed by atoms with Crippen molar-refractivity contribution >= 4 is 23.5 Å². The highest BCUT2D eigenvalue weighted by atomic mass is 16.4. The lowest BCUT2D eigenvalue weighted by Crippen LogP contribution is -2.70. The van der Waals surface area contributed by atoms with Gasteiger partial charge in [0, 0.05) is 19.9 Å². The predicted molar refractivity (Wildman–Crippen MR) is 63.0 cm³/mol. The number of para-hydroxylation sites is 1. The highest BCUT2D eigenvalue weighted by Crippen LogP contribution is 2.43. The number of hydrogen-bond donors (Lipinski definition) is 0. The Balaban J connectivity index is 2.31. The van der Waals surface area contributed by atoms with Crippen molar-refractivity contribution in [1.82, 2.24) is 4.90 Å². The third-order valence-electron chi connectivity index (χ3n) is 3.87. The van der Waals surface area contributed by atoms with Crippen LogP contribution in [0.25, 0.3) is 0 Å². The number of aliphatic carboxylic acids is 1. The van der Waals surface area contributed by atoms with E-state index in [2.05, 4.69) is 0 Å². The van der Waals surface area contributed by atoms with Gasteiger partial charge in [-0.1, -0.05) is 12.1 Å². The minimum atomic E-state index is -1.69. The van der Waals surface area contributed by atoms with Crippen LogP contribution in [-0.2, 0) is 9.59 Å². The lowest BCUT2D eigenvalue weighted by molar-refractivity contribution is -0.317. The molecule has 0 unspecified atom stereocenters. The van der Waals surface area contributed by atoms with E-state index in [4.69, 9.17) is 0 Å². The molecule has 2 aliphatic heterocycles. The molecule has 2 heterocycles. The molecule has 0 aliphatic carbocycles. The number of nitrogens with zero attached hydrogens (tertiary/aromatic N) is 2. The Kier molecular flexibility index (Phi) is 2.20. The number of rotatable bonds is 1. The zero-order valence-corrected chi connectivity index (χ0v) is 10.3. The van der Waals surface area contributed by atoms with E-state index in [9.17, 15) is 19.5 Å². The fourth-order valence-corrected chi connectivity index (χ4v) is 2.89. The molecule has 1 atom stereocenters. The average Bonchev–Trinajstić information content (AvgIpc) is 2.75. The summed E-state index contributed by atoms with van der Waals surface area (Å²) in [5.41, 5.74) is -1.02. The van der Waals surface area contributed by atoms with Crippen LogP contribution in [0, 0.1) is 0 Å². The van der Waals surface area contributed by atoms with Crippen molar-refractivity contribution in [2.75, 3.05) is 11.9 Å². The summed E-state index contributed by atoms with van der Waals surface area (Å²) in [6, 6.07) is 6.51. The van der Waals surface area contributed by atoms with Gasteiger partial charge in [-0.25, -0.2) is 0 Å². The summed E-state index contributed by atoms with van der Waals surface area (Å²) in [6.07, 6.45) is 0.130. The van der Waals surface area contributed by atoms with Gasteiger partial charge in [0.15, 0.2) is 5.66 Å². The molecule has 1 saturated heterocycles. The van der Waals surface area contributed by atoms with E-state index in [0.717, 1.165) is 4.90 Å². The summed E-state index contributed by atoms with van der Waals surface area (Å²) in [4.78, 5) is 38.1. The number of amides is 2. The molecule has 1 fully saturated rings. The molecule has 6 heteroatoms. The minimum absolute atomic E-state index is 0.0464. The molecule has 0 radical (unpaired) electrons. The van der Waals surface area contributed by atoms with Crippen LogP contribution in [0.15, 0.2) is 24.3 Å². The average molecular weight is 259 g/mol. The number of likely N-dealkylation sites (N-methyl/N-ethyl adjacent to an activating group) is 1. The number of carboxylic acids is 1. The maximum Gasteiger partial charge on any atom is 0.257 e. The molecule has 0 saturated carbocycles. The lowest BCUT2D eigenvalue weighted by Gasteiger charge is -2.49. The van der Waals surface area contributed by atoms with Crippen LogP contribution in [0.5, 0.6) is 0 Å². The standard InChI is InChI=1S/C13H12N2O4/c1-14-11(17)8-4-2-3-5-9(8)15-10(16)6-7-13(14,15)12(18)19/h2-5H,6-7H2,1H3,(H,18,19)/p-1/t13-/m1/s1. The number of benzene rings is 1. The Morgan fingerprint density at radius 2 is 2.00 bits per heavy atom. The molecule has 19 heavy (non-hydrogen) atoms. The van der Waals surface area contributed by atoms with Gasteiger partial charge in [-0.15, -0.1) is 0 Å². The minimum Gasteiger partial charge on any atom is -0.545 e. The van der Waals surface area contributed by atoms with Crippen LogP contribution in [0.4, 0.5) is 5.69 Å². The van der Waals surface area contributed by atoms with Gasteiger partial charge >= 0.3 is 0 Å². The smallest absolute Gasteiger partial charge is 0.257 e. The van der Waals surface area contributed by atoms with Crippen LogP contribution in [-0.4, -0.2) is 35.4 Å². The van der Waals surface area contributed by atoms with Crippen molar-refractivity contribution in [2.45, 2.75) is 18.5 Å². The molecule has 3 rings (SSSR count). The lowest BCUT2D eigenvalue weighted by atomic mass is 9.97. The number of fused-ring (bicyclic) bond motifs is 3. The molecule has 98 valence electrons. The van der Waals surface area contributed by atoms with Crippen molar-refractivity contribution in [3.8, 4) is 0 Å². The van der Waals surface area contributed by atoms with E-state index in [0.29, 0.717) is 11.3 Å². The van der Waals surface area contributed by atoms with Crippen LogP contribution in [0.3, 0.4) is 0 Å². The van der Waals surface area contributed by atoms with E-state index < -0.39 is 17.5 Å². The van der Waals surface area contributed by atoms with Crippen LogP contribution in [0.1, 0.15) is 23.2 Å². The maximum atomic E-state index is 12.3. The summed E-state index contributed by atoms with van der Waals surface area (Å²) in [5.74, 6) is -2.15. The van der Waals surface area contributed by atoms with Crippen molar-refractivity contribution in [2.24, 2.45) is 0 Å². The maximum absolute atomic E-state index is 12.3. The highest BCUT2D eigenvalue weighted by molar-refractivity contribution is 6.14. The monoisotopic (exact) mass is 259 g/mol. The number of carbonyl (C=O) groups is 3. The van der Waals surface area contributed by atoms with Crippen molar-refractivity contribution in [1.29, 1.82) is 0 Å². The van der Waals surface area contributed by atoms with Gasteiger partial charge in [0.1, 0.15) is 0 Å². The third-order valence-corrected chi connectivity index (χ3v) is 3.87. The Morgan fingerprint density at radius 1 is 1.32 bits per heavy atom. The Labute approximate surface area is 109 Å². The summed E-state index contributed by atoms with van der Waals surface area (Å²) in [6.45, 7) is 0. The molecule has 2 aliphatic rings. The first kappa shape index (κ1) is 11.7. The molecule has 6 nitrogen and oxygen atoms in total. The van der Waals surface area contributed by atoms with E-state index >= 15 is 0 Å². The first-order valence-corrected chi connectivity index (χ1v) is 5.92. The van der Waals surface area contributed by atoms with Crippen molar-refractivity contribution in [3.63, 3.8) is 0 Å². The fraction of sp³-hybridized carbons (Fsp3) is 0.308. The summed E-state index contributed by atoms with van der Waals surface area (Å²) in [7, 11) is 1.39. The molecular weight excluding hydrogens is 248 g/mol. The van der Waals surface area contributed by atoms with Crippen LogP contribution in [0.2, 0.25) is 0 Å². The van der Waals surface area contributed by atoms with Gasteiger partial charge in [0.05, 0.1) is 17.2 Å². The first-order chi connectivity index (χ1) is 9.00. The molecule has 0 spiro atoms. The first-order valence-electron chi connectivity index (χ1n) is 5.92. The van der Waals surface area contributed by atoms with E-state index in [1.807, 2.05) is 0 Å². The molecule has 0 bridgehead atoms. The van der Waals surface area contributed by atoms with Gasteiger partial charge in [-0.2, -0.15) is 0 Å².